The van der Waals surface area contributed by atoms with Crippen molar-refractivity contribution in [2.24, 2.45) is 0 Å². The third-order valence-electron chi connectivity index (χ3n) is 10.5. The van der Waals surface area contributed by atoms with Gasteiger partial charge in [0.25, 0.3) is 0 Å². The smallest absolute Gasteiger partial charge is 0.00987 e. The van der Waals surface area contributed by atoms with Crippen LogP contribution in [-0.2, 0) is 0 Å². The third kappa shape index (κ3) is 4.61. The molecule has 10 rings (SSSR count). The van der Waals surface area contributed by atoms with Crippen molar-refractivity contribution < 1.29 is 0 Å². The quantitative estimate of drug-likeness (QED) is 0.169. The normalized spacial score (nSPS) is 11.6. The van der Waals surface area contributed by atoms with Gasteiger partial charge in [0.1, 0.15) is 0 Å². The van der Waals surface area contributed by atoms with Crippen LogP contribution in [0.5, 0.6) is 0 Å². The lowest BCUT2D eigenvalue weighted by atomic mass is 9.87. The zero-order valence-electron chi connectivity index (χ0n) is 27.5. The number of hydrogen-bond acceptors (Lipinski definition) is 0. The predicted octanol–water partition coefficient (Wildman–Crippen LogP) is 14.1. The van der Waals surface area contributed by atoms with Crippen LogP contribution in [0.4, 0.5) is 0 Å². The monoisotopic (exact) mass is 632 g/mol. The van der Waals surface area contributed by atoms with E-state index in [1.165, 1.54) is 98.4 Å². The van der Waals surface area contributed by atoms with Crippen molar-refractivity contribution in [1.29, 1.82) is 0 Å². The van der Waals surface area contributed by atoms with Crippen LogP contribution in [-0.4, -0.2) is 0 Å². The molecule has 10 aromatic rings. The molecule has 0 atom stereocenters. The molecular weight excluding hydrogens is 601 g/mol. The highest BCUT2D eigenvalue weighted by Crippen LogP contribution is 2.42. The van der Waals surface area contributed by atoms with Crippen molar-refractivity contribution in [1.82, 2.24) is 0 Å². The Balaban J connectivity index is 1.12. The van der Waals surface area contributed by atoms with Crippen molar-refractivity contribution in [3.8, 4) is 44.5 Å². The average molecular weight is 633 g/mol. The van der Waals surface area contributed by atoms with E-state index in [9.17, 15) is 0 Å². The van der Waals surface area contributed by atoms with Crippen molar-refractivity contribution in [3.63, 3.8) is 0 Å². The molecule has 0 aliphatic heterocycles. The first-order valence-corrected chi connectivity index (χ1v) is 17.3. The van der Waals surface area contributed by atoms with E-state index in [0.29, 0.717) is 0 Å². The second kappa shape index (κ2) is 11.6. The Morgan fingerprint density at radius 1 is 0.180 bits per heavy atom. The van der Waals surface area contributed by atoms with E-state index in [1.807, 2.05) is 0 Å². The molecule has 0 spiro atoms. The Morgan fingerprint density at radius 2 is 0.600 bits per heavy atom. The summed E-state index contributed by atoms with van der Waals surface area (Å²) in [5.41, 5.74) is 9.96. The summed E-state index contributed by atoms with van der Waals surface area (Å²) < 4.78 is 0. The van der Waals surface area contributed by atoms with Crippen LogP contribution < -0.4 is 0 Å². The zero-order valence-corrected chi connectivity index (χ0v) is 27.5. The van der Waals surface area contributed by atoms with Gasteiger partial charge in [-0.25, -0.2) is 0 Å². The van der Waals surface area contributed by atoms with Gasteiger partial charge in [-0.3, -0.25) is 0 Å². The summed E-state index contributed by atoms with van der Waals surface area (Å²) >= 11 is 0. The lowest BCUT2D eigenvalue weighted by Crippen LogP contribution is -1.90. The lowest BCUT2D eigenvalue weighted by molar-refractivity contribution is 1.62. The fraction of sp³-hybridized carbons (Fsp3) is 0. The first kappa shape index (κ1) is 28.5. The number of benzene rings is 10. The Hall–Kier alpha value is -6.50. The summed E-state index contributed by atoms with van der Waals surface area (Å²) in [6.45, 7) is 0. The largest absolute Gasteiger partial charge is 0.0616 e. The molecule has 0 saturated heterocycles. The zero-order chi connectivity index (χ0) is 33.0. The minimum Gasteiger partial charge on any atom is -0.0616 e. The minimum atomic E-state index is 1.22. The SMILES string of the molecule is c1cc(-c2ccc(-c3ccc(-c4ccc5ccccc5c4)c4ccccc34)c3ccccc23)cc(-c2cc3ccccc3c3ccccc23)c1. The van der Waals surface area contributed by atoms with Crippen LogP contribution >= 0.6 is 0 Å². The van der Waals surface area contributed by atoms with Gasteiger partial charge in [0.05, 0.1) is 0 Å². The summed E-state index contributed by atoms with van der Waals surface area (Å²) in [4.78, 5) is 0. The average Bonchev–Trinajstić information content (AvgIpc) is 3.19. The van der Waals surface area contributed by atoms with Crippen LogP contribution in [0.15, 0.2) is 194 Å². The highest BCUT2D eigenvalue weighted by Gasteiger charge is 2.15. The van der Waals surface area contributed by atoms with E-state index in [2.05, 4.69) is 194 Å². The molecule has 0 nitrogen and oxygen atoms in total. The summed E-state index contributed by atoms with van der Waals surface area (Å²) in [7, 11) is 0. The summed E-state index contributed by atoms with van der Waals surface area (Å²) in [6.07, 6.45) is 0. The van der Waals surface area contributed by atoms with Crippen molar-refractivity contribution in [3.05, 3.63) is 194 Å². The predicted molar refractivity (Wildman–Crippen MR) is 216 cm³/mol. The molecule has 0 radical (unpaired) electrons. The second-order valence-corrected chi connectivity index (χ2v) is 13.2. The molecule has 0 fully saturated rings. The maximum Gasteiger partial charge on any atom is -0.00987 e. The van der Waals surface area contributed by atoms with Crippen LogP contribution in [0.25, 0.3) is 98.4 Å². The molecule has 0 aliphatic carbocycles. The van der Waals surface area contributed by atoms with E-state index >= 15 is 0 Å². The molecule has 0 N–H and O–H groups in total. The van der Waals surface area contributed by atoms with E-state index in [0.717, 1.165) is 0 Å². The maximum atomic E-state index is 2.37. The molecule has 0 amide bonds. The highest BCUT2D eigenvalue weighted by molar-refractivity contribution is 6.15. The Labute approximate surface area is 291 Å². The number of hydrogen-bond donors (Lipinski definition) is 0. The van der Waals surface area contributed by atoms with Gasteiger partial charge in [0, 0.05) is 0 Å². The molecule has 10 aromatic carbocycles. The van der Waals surface area contributed by atoms with Crippen molar-refractivity contribution >= 4 is 53.9 Å². The van der Waals surface area contributed by atoms with Crippen molar-refractivity contribution in [2.45, 2.75) is 0 Å². The summed E-state index contributed by atoms with van der Waals surface area (Å²) in [6, 6.07) is 71.3. The minimum absolute atomic E-state index is 1.22. The third-order valence-corrected chi connectivity index (χ3v) is 10.5. The molecule has 50 heavy (non-hydrogen) atoms. The van der Waals surface area contributed by atoms with Gasteiger partial charge in [-0.15, -0.1) is 0 Å². The van der Waals surface area contributed by atoms with Crippen LogP contribution in [0, 0.1) is 0 Å². The first-order chi connectivity index (χ1) is 24.8. The van der Waals surface area contributed by atoms with Crippen LogP contribution in [0.3, 0.4) is 0 Å². The second-order valence-electron chi connectivity index (χ2n) is 13.2. The topological polar surface area (TPSA) is 0 Å². The van der Waals surface area contributed by atoms with Gasteiger partial charge in [-0.2, -0.15) is 0 Å². The van der Waals surface area contributed by atoms with Crippen molar-refractivity contribution in [2.75, 3.05) is 0 Å². The van der Waals surface area contributed by atoms with Gasteiger partial charge in [0.2, 0.25) is 0 Å². The van der Waals surface area contributed by atoms with Crippen LogP contribution in [0.2, 0.25) is 0 Å². The van der Waals surface area contributed by atoms with Gasteiger partial charge in [-0.05, 0) is 117 Å². The fourth-order valence-electron chi connectivity index (χ4n) is 8.08. The molecule has 0 heterocycles. The maximum absolute atomic E-state index is 2.37. The van der Waals surface area contributed by atoms with E-state index in [-0.39, 0.29) is 0 Å². The molecule has 0 heteroatoms. The van der Waals surface area contributed by atoms with E-state index < -0.39 is 0 Å². The number of rotatable bonds is 4. The molecule has 232 valence electrons. The highest BCUT2D eigenvalue weighted by atomic mass is 14.2. The fourth-order valence-corrected chi connectivity index (χ4v) is 8.08. The molecule has 0 unspecified atom stereocenters. The van der Waals surface area contributed by atoms with Crippen LogP contribution in [0.1, 0.15) is 0 Å². The molecular formula is C50H32. The molecule has 0 saturated carbocycles. The van der Waals surface area contributed by atoms with Gasteiger partial charge in [-0.1, -0.05) is 176 Å². The molecule has 0 bridgehead atoms. The van der Waals surface area contributed by atoms with Gasteiger partial charge >= 0.3 is 0 Å². The number of fused-ring (bicyclic) bond motifs is 6. The Kier molecular flexibility index (Phi) is 6.60. The lowest BCUT2D eigenvalue weighted by Gasteiger charge is -2.17. The first-order valence-electron chi connectivity index (χ1n) is 17.3. The van der Waals surface area contributed by atoms with Gasteiger partial charge in [0.15, 0.2) is 0 Å². The molecule has 0 aromatic heterocycles. The van der Waals surface area contributed by atoms with Gasteiger partial charge < -0.3 is 0 Å². The summed E-state index contributed by atoms with van der Waals surface area (Å²) in [5.74, 6) is 0. The Morgan fingerprint density at radius 3 is 1.22 bits per heavy atom. The van der Waals surface area contributed by atoms with E-state index in [4.69, 9.17) is 0 Å². The standard InChI is InChI=1S/C50H32/c1-2-13-34-30-38(25-24-33(34)12-1)41-27-29-49(46-22-9-6-20-44(41)46)48-28-26-40(43-19-5-8-21-45(43)48)35-15-11-16-36(31-35)50-32-37-14-3-4-17-39(37)42-18-7-10-23-47(42)50/h1-32H. The van der Waals surface area contributed by atoms with E-state index in [1.54, 1.807) is 0 Å². The molecule has 0 aliphatic rings. The summed E-state index contributed by atoms with van der Waals surface area (Å²) in [5, 5.41) is 12.7. The Bertz CT molecular complexity index is 2930.